The fourth-order valence-electron chi connectivity index (χ4n) is 4.36. The van der Waals surface area contributed by atoms with Crippen molar-refractivity contribution >= 4 is 25.4 Å². The Morgan fingerprint density at radius 1 is 1.14 bits per heavy atom. The molecular formula is C23H30N5O7P. The SMILES string of the molecule is CC(C)OC1[C@@H](OC(C)C)[C@@H](CO[P+](=O)[O-])O[C@H]1[n+]1cn(Cc2ccccc2)c2c([O-])nc(N)nc21. The van der Waals surface area contributed by atoms with E-state index in [4.69, 9.17) is 24.5 Å². The number of ether oxygens (including phenoxy) is 3. The third-order valence-corrected chi connectivity index (χ3v) is 5.96. The van der Waals surface area contributed by atoms with Gasteiger partial charge in [0.05, 0.1) is 18.8 Å². The number of nitrogens with zero attached hydrogens (tertiary/aromatic N) is 4. The maximum absolute atomic E-state index is 12.9. The van der Waals surface area contributed by atoms with Crippen LogP contribution in [-0.2, 0) is 29.8 Å². The molecule has 0 amide bonds. The number of nitrogen functional groups attached to an aromatic ring is 1. The normalized spacial score (nSPS) is 22.7. The fourth-order valence-corrected chi connectivity index (χ4v) is 4.63. The number of imidazole rings is 1. The summed E-state index contributed by atoms with van der Waals surface area (Å²) in [6.07, 6.45) is -1.60. The molecule has 2 unspecified atom stereocenters. The molecule has 2 aromatic heterocycles. The van der Waals surface area contributed by atoms with Crippen molar-refractivity contribution in [3.05, 3.63) is 42.2 Å². The van der Waals surface area contributed by atoms with Gasteiger partial charge < -0.3 is 29.9 Å². The molecule has 36 heavy (non-hydrogen) atoms. The summed E-state index contributed by atoms with van der Waals surface area (Å²) in [6, 6.07) is 9.62. The minimum absolute atomic E-state index is 0.170. The van der Waals surface area contributed by atoms with Crippen molar-refractivity contribution in [3.8, 4) is 5.88 Å². The zero-order chi connectivity index (χ0) is 26.0. The van der Waals surface area contributed by atoms with Gasteiger partial charge in [0, 0.05) is 5.88 Å². The van der Waals surface area contributed by atoms with Crippen molar-refractivity contribution in [1.29, 1.82) is 0 Å². The molecule has 1 aliphatic heterocycles. The van der Waals surface area contributed by atoms with Gasteiger partial charge in [-0.1, -0.05) is 35.3 Å². The zero-order valence-corrected chi connectivity index (χ0v) is 21.4. The third-order valence-electron chi connectivity index (χ3n) is 5.60. The standard InChI is InChI=1S/C23H30N5O7P/c1-13(2)33-18-16(11-32-36(30)31)35-22(19(18)34-14(3)4)28-12-27(10-15-8-6-5-7-9-15)17-20(28)25-23(24)26-21(17)29/h5-9,12-14,16,18-19,22H,10-11H2,1-4H3,(H2-,24,25,26,29)/t16-,18+,19?,22-/m1/s1. The van der Waals surface area contributed by atoms with Gasteiger partial charge in [0.2, 0.25) is 6.23 Å². The van der Waals surface area contributed by atoms with Crippen molar-refractivity contribution in [3.63, 3.8) is 0 Å². The summed E-state index contributed by atoms with van der Waals surface area (Å²) in [7, 11) is -3.08. The van der Waals surface area contributed by atoms with Crippen molar-refractivity contribution in [2.75, 3.05) is 12.3 Å². The molecular weight excluding hydrogens is 489 g/mol. The van der Waals surface area contributed by atoms with E-state index in [2.05, 4.69) is 9.97 Å². The monoisotopic (exact) mass is 519 g/mol. The molecule has 0 saturated carbocycles. The number of nitrogens with two attached hydrogens (primary N) is 1. The Labute approximate surface area is 209 Å². The molecule has 2 N–H and O–H groups in total. The van der Waals surface area contributed by atoms with E-state index in [9.17, 15) is 14.6 Å². The van der Waals surface area contributed by atoms with Gasteiger partial charge in [-0.15, -0.1) is 4.52 Å². The highest BCUT2D eigenvalue weighted by Gasteiger charge is 2.51. The first-order valence-corrected chi connectivity index (χ1v) is 12.8. The maximum atomic E-state index is 12.9. The van der Waals surface area contributed by atoms with E-state index in [1.54, 1.807) is 15.5 Å². The molecule has 4 rings (SSSR count). The fraction of sp³-hybridized carbons (Fsp3) is 0.522. The molecule has 5 atom stereocenters. The highest BCUT2D eigenvalue weighted by molar-refractivity contribution is 7.30. The number of fused-ring (bicyclic) bond motifs is 1. The summed E-state index contributed by atoms with van der Waals surface area (Å²) in [4.78, 5) is 19.3. The van der Waals surface area contributed by atoms with E-state index < -0.39 is 38.7 Å². The summed E-state index contributed by atoms with van der Waals surface area (Å²) in [5.74, 6) is -0.694. The first-order chi connectivity index (χ1) is 17.1. The van der Waals surface area contributed by atoms with Gasteiger partial charge in [0.15, 0.2) is 11.8 Å². The van der Waals surface area contributed by atoms with Crippen LogP contribution in [0.3, 0.4) is 0 Å². The Hall–Kier alpha value is -2.73. The van der Waals surface area contributed by atoms with Crippen LogP contribution in [0.25, 0.3) is 11.2 Å². The topological polar surface area (TPSA) is 161 Å². The van der Waals surface area contributed by atoms with Gasteiger partial charge in [-0.25, -0.2) is 9.55 Å². The third kappa shape index (κ3) is 5.80. The lowest BCUT2D eigenvalue weighted by Gasteiger charge is -2.26. The summed E-state index contributed by atoms with van der Waals surface area (Å²) < 4.78 is 38.0. The Morgan fingerprint density at radius 2 is 1.81 bits per heavy atom. The lowest BCUT2D eigenvalue weighted by atomic mass is 10.1. The van der Waals surface area contributed by atoms with E-state index in [0.29, 0.717) is 6.54 Å². The first-order valence-electron chi connectivity index (χ1n) is 11.7. The molecule has 0 bridgehead atoms. The molecule has 1 saturated heterocycles. The first kappa shape index (κ1) is 26.3. The van der Waals surface area contributed by atoms with Crippen molar-refractivity contribution in [1.82, 2.24) is 14.5 Å². The Kier molecular flexibility index (Phi) is 8.13. The molecule has 3 heterocycles. The van der Waals surface area contributed by atoms with Crippen LogP contribution >= 0.6 is 8.25 Å². The number of hydrogen-bond acceptors (Lipinski definition) is 10. The van der Waals surface area contributed by atoms with Crippen molar-refractivity contribution in [2.24, 2.45) is 0 Å². The number of rotatable bonds is 10. The molecule has 12 nitrogen and oxygen atoms in total. The van der Waals surface area contributed by atoms with Crippen LogP contribution in [0.4, 0.5) is 5.95 Å². The molecule has 1 aromatic carbocycles. The van der Waals surface area contributed by atoms with E-state index in [-0.39, 0.29) is 35.9 Å². The van der Waals surface area contributed by atoms with E-state index in [1.807, 2.05) is 58.0 Å². The van der Waals surface area contributed by atoms with Crippen LogP contribution in [0.15, 0.2) is 36.7 Å². The summed E-state index contributed by atoms with van der Waals surface area (Å²) in [6.45, 7) is 7.61. The molecule has 0 radical (unpaired) electrons. The Bertz CT molecular complexity index is 1210. The summed E-state index contributed by atoms with van der Waals surface area (Å²) >= 11 is 0. The quantitative estimate of drug-likeness (QED) is 0.301. The second-order valence-corrected chi connectivity index (χ2v) is 9.78. The Balaban J connectivity index is 1.81. The lowest BCUT2D eigenvalue weighted by molar-refractivity contribution is -0.746. The molecule has 13 heteroatoms. The van der Waals surface area contributed by atoms with Crippen molar-refractivity contribution in [2.45, 2.75) is 71.0 Å². The molecule has 194 valence electrons. The average molecular weight is 519 g/mol. The maximum Gasteiger partial charge on any atom is 0.488 e. The predicted octanol–water partition coefficient (Wildman–Crippen LogP) is 0.942. The van der Waals surface area contributed by atoms with Crippen LogP contribution < -0.4 is 20.3 Å². The minimum Gasteiger partial charge on any atom is -0.856 e. The van der Waals surface area contributed by atoms with E-state index >= 15 is 0 Å². The molecule has 1 aliphatic rings. The van der Waals surface area contributed by atoms with Gasteiger partial charge in [-0.05, 0) is 37.8 Å². The van der Waals surface area contributed by atoms with Crippen LogP contribution in [0.1, 0.15) is 39.5 Å². The molecule has 3 aromatic rings. The lowest BCUT2D eigenvalue weighted by Crippen LogP contribution is -2.48. The second-order valence-electron chi connectivity index (χ2n) is 9.08. The van der Waals surface area contributed by atoms with Gasteiger partial charge in [-0.2, -0.15) is 0 Å². The van der Waals surface area contributed by atoms with Crippen LogP contribution in [0.2, 0.25) is 0 Å². The average Bonchev–Trinajstić information content (AvgIpc) is 3.30. The van der Waals surface area contributed by atoms with E-state index in [0.717, 1.165) is 5.56 Å². The predicted molar refractivity (Wildman–Crippen MR) is 125 cm³/mol. The summed E-state index contributed by atoms with van der Waals surface area (Å²) in [5.41, 5.74) is 7.33. The van der Waals surface area contributed by atoms with Crippen LogP contribution in [-0.4, -0.2) is 51.7 Å². The second kappa shape index (κ2) is 11.1. The number of aromatic nitrogens is 4. The van der Waals surface area contributed by atoms with Gasteiger partial charge >= 0.3 is 13.9 Å². The number of anilines is 1. The Morgan fingerprint density at radius 3 is 2.44 bits per heavy atom. The molecule has 0 spiro atoms. The van der Waals surface area contributed by atoms with E-state index in [1.165, 1.54) is 0 Å². The highest BCUT2D eigenvalue weighted by atomic mass is 31.1. The van der Waals surface area contributed by atoms with Gasteiger partial charge in [0.1, 0.15) is 24.9 Å². The van der Waals surface area contributed by atoms with Crippen LogP contribution in [0, 0.1) is 0 Å². The molecule has 1 fully saturated rings. The van der Waals surface area contributed by atoms with Crippen LogP contribution in [0.5, 0.6) is 5.88 Å². The number of hydrogen-bond donors (Lipinski definition) is 1. The number of benzene rings is 1. The van der Waals surface area contributed by atoms with Gasteiger partial charge in [-0.3, -0.25) is 4.57 Å². The molecule has 0 aliphatic carbocycles. The largest absolute Gasteiger partial charge is 0.856 e. The van der Waals surface area contributed by atoms with Gasteiger partial charge in [0.25, 0.3) is 5.95 Å². The van der Waals surface area contributed by atoms with Crippen molar-refractivity contribution < 1.29 is 37.9 Å². The minimum atomic E-state index is -3.08. The summed E-state index contributed by atoms with van der Waals surface area (Å²) in [5, 5.41) is 12.9. The smallest absolute Gasteiger partial charge is 0.488 e. The highest BCUT2D eigenvalue weighted by Crippen LogP contribution is 2.35. The zero-order valence-electron chi connectivity index (χ0n) is 20.5.